The van der Waals surface area contributed by atoms with Gasteiger partial charge in [0.1, 0.15) is 5.76 Å². The lowest BCUT2D eigenvalue weighted by atomic mass is 9.99. The van der Waals surface area contributed by atoms with Gasteiger partial charge in [-0.1, -0.05) is 0 Å². The molecule has 25 heavy (non-hydrogen) atoms. The number of amides is 1. The molecule has 9 heteroatoms. The molecule has 3 atom stereocenters. The average Bonchev–Trinajstić information content (AvgIpc) is 2.94. The molecule has 1 aromatic heterocycles. The van der Waals surface area contributed by atoms with Gasteiger partial charge in [0, 0.05) is 39.0 Å². The number of aliphatic hydroxyl groups is 2. The average molecular weight is 359 g/mol. The predicted octanol–water partition coefficient (Wildman–Crippen LogP) is 0.650. The fourth-order valence-electron chi connectivity index (χ4n) is 3.50. The van der Waals surface area contributed by atoms with E-state index in [1.807, 2.05) is 0 Å². The minimum atomic E-state index is -2.70. The van der Waals surface area contributed by atoms with Crippen LogP contribution in [0.15, 0.2) is 10.8 Å². The molecule has 0 unspecified atom stereocenters. The van der Waals surface area contributed by atoms with Crippen LogP contribution in [-0.4, -0.2) is 81.3 Å². The van der Waals surface area contributed by atoms with Crippen LogP contribution in [0.2, 0.25) is 0 Å². The van der Waals surface area contributed by atoms with Crippen molar-refractivity contribution in [2.24, 2.45) is 0 Å². The highest BCUT2D eigenvalue weighted by Gasteiger charge is 2.42. The number of hydrogen-bond donors (Lipinski definition) is 2. The fraction of sp³-hybridized carbons (Fsp3) is 0.750. The quantitative estimate of drug-likeness (QED) is 0.806. The minimum Gasteiger partial charge on any atom is -0.448 e. The van der Waals surface area contributed by atoms with Crippen molar-refractivity contribution in [3.8, 4) is 0 Å². The van der Waals surface area contributed by atoms with E-state index < -0.39 is 24.2 Å². The third-order valence-corrected chi connectivity index (χ3v) is 5.12. The minimum absolute atomic E-state index is 0.118. The molecule has 3 rings (SSSR count). The molecule has 1 amide bonds. The summed E-state index contributed by atoms with van der Waals surface area (Å²) in [5.74, 6) is -2.65. The van der Waals surface area contributed by atoms with Crippen molar-refractivity contribution in [3.63, 3.8) is 0 Å². The molecule has 2 aliphatic heterocycles. The number of carbonyl (C=O) groups is 1. The first-order valence-corrected chi connectivity index (χ1v) is 8.46. The number of piperidine rings is 1. The summed E-state index contributed by atoms with van der Waals surface area (Å²) in [7, 11) is 0. The monoisotopic (exact) mass is 359 g/mol. The summed E-state index contributed by atoms with van der Waals surface area (Å²) in [5, 5.41) is 20.6. The Kier molecular flexibility index (Phi) is 5.08. The van der Waals surface area contributed by atoms with Crippen LogP contribution < -0.4 is 0 Å². The van der Waals surface area contributed by atoms with E-state index in [0.29, 0.717) is 5.76 Å². The zero-order chi connectivity index (χ0) is 18.2. The first-order valence-electron chi connectivity index (χ1n) is 8.46. The van der Waals surface area contributed by atoms with Crippen LogP contribution >= 0.6 is 0 Å². The normalized spacial score (nSPS) is 30.9. The number of carbonyl (C=O) groups excluding carboxylic acids is 1. The summed E-state index contributed by atoms with van der Waals surface area (Å²) in [4.78, 5) is 19.8. The molecule has 1 aromatic rings. The van der Waals surface area contributed by atoms with E-state index in [4.69, 9.17) is 4.42 Å². The topological polar surface area (TPSA) is 90.0 Å². The highest BCUT2D eigenvalue weighted by Crippen LogP contribution is 2.30. The summed E-state index contributed by atoms with van der Waals surface area (Å²) in [6, 6.07) is -0.593. The molecule has 0 saturated carbocycles. The fourth-order valence-corrected chi connectivity index (χ4v) is 3.50. The third kappa shape index (κ3) is 3.83. The van der Waals surface area contributed by atoms with Gasteiger partial charge in [0.2, 0.25) is 0 Å². The Hall–Kier alpha value is -1.58. The Labute approximate surface area is 144 Å². The molecule has 3 heterocycles. The van der Waals surface area contributed by atoms with Crippen molar-refractivity contribution in [2.45, 2.75) is 50.4 Å². The van der Waals surface area contributed by atoms with Gasteiger partial charge in [-0.25, -0.2) is 13.8 Å². The molecule has 0 spiro atoms. The molecular weight excluding hydrogens is 336 g/mol. The van der Waals surface area contributed by atoms with Crippen molar-refractivity contribution in [3.05, 3.63) is 17.8 Å². The van der Waals surface area contributed by atoms with Gasteiger partial charge < -0.3 is 19.5 Å². The van der Waals surface area contributed by atoms with E-state index in [2.05, 4.69) is 4.98 Å². The zero-order valence-corrected chi connectivity index (χ0v) is 14.1. The smallest absolute Gasteiger partial charge is 0.276 e. The van der Waals surface area contributed by atoms with Crippen molar-refractivity contribution in [1.29, 1.82) is 0 Å². The highest BCUT2D eigenvalue weighted by molar-refractivity contribution is 5.93. The van der Waals surface area contributed by atoms with Crippen LogP contribution in [0.5, 0.6) is 0 Å². The molecule has 0 radical (unpaired) electrons. The zero-order valence-electron chi connectivity index (χ0n) is 14.1. The van der Waals surface area contributed by atoms with E-state index in [1.165, 1.54) is 11.3 Å². The highest BCUT2D eigenvalue weighted by atomic mass is 19.3. The van der Waals surface area contributed by atoms with E-state index in [-0.39, 0.29) is 57.0 Å². The van der Waals surface area contributed by atoms with E-state index in [0.717, 1.165) is 0 Å². The van der Waals surface area contributed by atoms with Crippen LogP contribution in [0, 0.1) is 6.92 Å². The molecule has 140 valence electrons. The first kappa shape index (κ1) is 18.2. The van der Waals surface area contributed by atoms with E-state index in [1.54, 1.807) is 11.8 Å². The van der Waals surface area contributed by atoms with Crippen LogP contribution in [0.3, 0.4) is 0 Å². The number of aliphatic hydroxyl groups excluding tert-OH is 2. The second-order valence-electron chi connectivity index (χ2n) is 6.81. The van der Waals surface area contributed by atoms with E-state index >= 15 is 0 Å². The third-order valence-electron chi connectivity index (χ3n) is 5.12. The predicted molar refractivity (Wildman–Crippen MR) is 83.3 cm³/mol. The van der Waals surface area contributed by atoms with Crippen molar-refractivity contribution >= 4 is 5.91 Å². The Morgan fingerprint density at radius 2 is 2.00 bits per heavy atom. The second-order valence-corrected chi connectivity index (χ2v) is 6.81. The Bertz CT molecular complexity index is 614. The molecule has 2 fully saturated rings. The van der Waals surface area contributed by atoms with Gasteiger partial charge in [-0.2, -0.15) is 0 Å². The number of likely N-dealkylation sites (tertiary alicyclic amines) is 2. The first-order chi connectivity index (χ1) is 11.8. The Morgan fingerprint density at radius 3 is 2.60 bits per heavy atom. The molecule has 2 N–H and O–H groups in total. The summed E-state index contributed by atoms with van der Waals surface area (Å²) < 4.78 is 31.9. The number of nitrogens with zero attached hydrogens (tertiary/aromatic N) is 3. The van der Waals surface area contributed by atoms with Crippen LogP contribution in [0.4, 0.5) is 8.78 Å². The van der Waals surface area contributed by atoms with Gasteiger partial charge in [-0.05, 0) is 13.3 Å². The molecule has 0 aromatic carbocycles. The summed E-state index contributed by atoms with van der Waals surface area (Å²) >= 11 is 0. The second kappa shape index (κ2) is 6.97. The number of alkyl halides is 2. The molecule has 7 nitrogen and oxygen atoms in total. The molecule has 0 bridgehead atoms. The lowest BCUT2D eigenvalue weighted by Gasteiger charge is -2.40. The Morgan fingerprint density at radius 1 is 1.32 bits per heavy atom. The number of halogens is 2. The number of rotatable bonds is 2. The summed E-state index contributed by atoms with van der Waals surface area (Å²) in [6.45, 7) is 2.27. The maximum Gasteiger partial charge on any atom is 0.276 e. The summed E-state index contributed by atoms with van der Waals surface area (Å²) in [5.41, 5.74) is 0.190. The van der Waals surface area contributed by atoms with Gasteiger partial charge >= 0.3 is 0 Å². The van der Waals surface area contributed by atoms with Crippen molar-refractivity contribution in [2.75, 3.05) is 26.2 Å². The van der Waals surface area contributed by atoms with Gasteiger partial charge in [-0.3, -0.25) is 9.69 Å². The standard InChI is InChI=1S/C16H23F2N3O4/c1-10-13(19-9-25-10)15(24)21-5-2-12(22)14(23)11(8-21)20-6-3-16(17,18)4-7-20/h9,11-12,14,22-23H,2-8H2,1H3/t11-,12-,14+/m1/s1. The number of aromatic nitrogens is 1. The number of aryl methyl sites for hydroxylation is 1. The maximum absolute atomic E-state index is 13.4. The lowest BCUT2D eigenvalue weighted by molar-refractivity contribution is -0.0892. The molecule has 2 aliphatic rings. The largest absolute Gasteiger partial charge is 0.448 e. The number of oxazole rings is 1. The molecule has 2 saturated heterocycles. The van der Waals surface area contributed by atoms with Gasteiger partial charge in [0.25, 0.3) is 11.8 Å². The molecular formula is C16H23F2N3O4. The van der Waals surface area contributed by atoms with Gasteiger partial charge in [-0.15, -0.1) is 0 Å². The van der Waals surface area contributed by atoms with Gasteiger partial charge in [0.15, 0.2) is 12.1 Å². The van der Waals surface area contributed by atoms with Crippen LogP contribution in [-0.2, 0) is 0 Å². The van der Waals surface area contributed by atoms with Gasteiger partial charge in [0.05, 0.1) is 18.2 Å². The van der Waals surface area contributed by atoms with Crippen LogP contribution in [0.25, 0.3) is 0 Å². The number of hydrogen-bond acceptors (Lipinski definition) is 6. The lowest BCUT2D eigenvalue weighted by Crippen LogP contribution is -2.55. The van der Waals surface area contributed by atoms with Crippen molar-refractivity contribution < 1.29 is 28.2 Å². The Balaban J connectivity index is 1.77. The van der Waals surface area contributed by atoms with Crippen molar-refractivity contribution in [1.82, 2.24) is 14.8 Å². The SMILES string of the molecule is Cc1ocnc1C(=O)N1CC[C@@H](O)[C@@H](O)[C@H](N2CCC(F)(F)CC2)C1. The summed E-state index contributed by atoms with van der Waals surface area (Å²) in [6.07, 6.45) is -1.28. The molecule has 0 aliphatic carbocycles. The van der Waals surface area contributed by atoms with Crippen LogP contribution in [0.1, 0.15) is 35.5 Å². The van der Waals surface area contributed by atoms with E-state index in [9.17, 15) is 23.8 Å². The maximum atomic E-state index is 13.4.